The lowest BCUT2D eigenvalue weighted by atomic mass is 10.00. The largest absolute Gasteiger partial charge is 0.378 e. The molecule has 2 fully saturated rings. The van der Waals surface area contributed by atoms with Gasteiger partial charge in [-0.15, -0.1) is 0 Å². The van der Waals surface area contributed by atoms with Crippen LogP contribution in [0.5, 0.6) is 0 Å². The molecule has 2 aromatic carbocycles. The van der Waals surface area contributed by atoms with Crippen molar-refractivity contribution in [3.63, 3.8) is 0 Å². The van der Waals surface area contributed by atoms with E-state index < -0.39 is 35.8 Å². The van der Waals surface area contributed by atoms with Crippen molar-refractivity contribution in [1.82, 2.24) is 20.9 Å². The molecule has 1 heterocycles. The van der Waals surface area contributed by atoms with Crippen molar-refractivity contribution in [1.29, 1.82) is 0 Å². The summed E-state index contributed by atoms with van der Waals surface area (Å²) in [6, 6.07) is 17.5. The van der Waals surface area contributed by atoms with Gasteiger partial charge in [0.2, 0.25) is 23.6 Å². The Hall–Kier alpha value is -3.80. The quantitative estimate of drug-likeness (QED) is 0.174. The standard InChI is InChI=1S/C27H44N6O5.C9H10/c1-19(2)16-22(32-26(36)23(30-24(34)18-29)17-20-8-4-3-5-9-20)25(35)31-21(10-6-7-11-28)27(37)33-12-14-38-15-13-33;1-2-4-8(5-3-1)9-6-7-9/h3-5,8-9,19,21-23H,6-7,10-18,28-29H2,1-2H3,(H,30,34)(H,31,35)(H,32,36);1-5,9H,6-7H2/t21?,22-,23?;/m1./s1. The number of unbranched alkanes of at least 4 members (excludes halogenated alkanes) is 1. The topological polar surface area (TPSA) is 169 Å². The molecule has 2 aromatic rings. The molecule has 7 N–H and O–H groups in total. The first kappa shape index (κ1) is 37.7. The zero-order valence-electron chi connectivity index (χ0n) is 28.0. The third kappa shape index (κ3) is 13.8. The summed E-state index contributed by atoms with van der Waals surface area (Å²) in [7, 11) is 0. The Morgan fingerprint density at radius 3 is 1.98 bits per heavy atom. The number of carbonyl (C=O) groups is 4. The molecule has 1 saturated carbocycles. The van der Waals surface area contributed by atoms with Gasteiger partial charge < -0.3 is 37.1 Å². The number of nitrogens with one attached hydrogen (secondary N) is 3. The first-order chi connectivity index (χ1) is 22.7. The minimum atomic E-state index is -0.911. The van der Waals surface area contributed by atoms with Gasteiger partial charge >= 0.3 is 0 Å². The maximum atomic E-state index is 13.5. The summed E-state index contributed by atoms with van der Waals surface area (Å²) >= 11 is 0. The van der Waals surface area contributed by atoms with Crippen molar-refractivity contribution in [3.8, 4) is 0 Å². The Bertz CT molecular complexity index is 1230. The molecule has 4 amide bonds. The first-order valence-electron chi connectivity index (χ1n) is 17.0. The van der Waals surface area contributed by atoms with Crippen molar-refractivity contribution >= 4 is 23.6 Å². The average molecular weight is 651 g/mol. The first-order valence-corrected chi connectivity index (χ1v) is 17.0. The third-order valence-electron chi connectivity index (χ3n) is 8.19. The zero-order chi connectivity index (χ0) is 34.0. The fraction of sp³-hybridized carbons (Fsp3) is 0.556. The molecule has 2 aliphatic rings. The van der Waals surface area contributed by atoms with Crippen molar-refractivity contribution < 1.29 is 23.9 Å². The Morgan fingerprint density at radius 2 is 1.40 bits per heavy atom. The SMILES string of the molecule is CC(C)C[C@@H](NC(=O)C(Cc1ccccc1)NC(=O)CN)C(=O)NC(CCCCN)C(=O)N1CCOCC1.c1ccc(C2CC2)cc1. The number of hydrogen-bond donors (Lipinski definition) is 5. The monoisotopic (exact) mass is 650 g/mol. The number of morpholine rings is 1. The molecule has 47 heavy (non-hydrogen) atoms. The van der Waals surface area contributed by atoms with Crippen LogP contribution in [0.15, 0.2) is 60.7 Å². The van der Waals surface area contributed by atoms with Crippen molar-refractivity contribution in [2.24, 2.45) is 17.4 Å². The molecule has 0 spiro atoms. The number of rotatable bonds is 16. The zero-order valence-corrected chi connectivity index (χ0v) is 28.0. The molecule has 0 bridgehead atoms. The minimum absolute atomic E-state index is 0.0860. The molecule has 0 radical (unpaired) electrons. The fourth-order valence-electron chi connectivity index (χ4n) is 5.46. The van der Waals surface area contributed by atoms with Gasteiger partial charge in [-0.3, -0.25) is 19.2 Å². The van der Waals surface area contributed by atoms with E-state index in [0.29, 0.717) is 52.1 Å². The average Bonchev–Trinajstić information content (AvgIpc) is 3.94. The molecular formula is C36H54N6O5. The Kier molecular flexibility index (Phi) is 16.4. The summed E-state index contributed by atoms with van der Waals surface area (Å²) in [5.74, 6) is -0.563. The van der Waals surface area contributed by atoms with Crippen LogP contribution >= 0.6 is 0 Å². The Labute approximate surface area is 279 Å². The maximum absolute atomic E-state index is 13.5. The van der Waals surface area contributed by atoms with Crippen LogP contribution in [0.3, 0.4) is 0 Å². The lowest BCUT2D eigenvalue weighted by Gasteiger charge is -2.32. The summed E-state index contributed by atoms with van der Waals surface area (Å²) in [6.45, 7) is 5.98. The lowest BCUT2D eigenvalue weighted by Crippen LogP contribution is -2.58. The van der Waals surface area contributed by atoms with Gasteiger partial charge in [0.25, 0.3) is 0 Å². The highest BCUT2D eigenvalue weighted by molar-refractivity contribution is 5.94. The van der Waals surface area contributed by atoms with Crippen molar-refractivity contribution in [2.75, 3.05) is 39.4 Å². The van der Waals surface area contributed by atoms with Gasteiger partial charge in [0.15, 0.2) is 0 Å². The van der Waals surface area contributed by atoms with Gasteiger partial charge in [-0.2, -0.15) is 0 Å². The van der Waals surface area contributed by atoms with E-state index in [-0.39, 0.29) is 24.8 Å². The highest BCUT2D eigenvalue weighted by Gasteiger charge is 2.32. The second-order valence-corrected chi connectivity index (χ2v) is 12.7. The van der Waals surface area contributed by atoms with Crippen molar-refractivity contribution in [3.05, 3.63) is 71.8 Å². The van der Waals surface area contributed by atoms with Gasteiger partial charge in [-0.05, 0) is 68.0 Å². The van der Waals surface area contributed by atoms with Gasteiger partial charge in [0.05, 0.1) is 19.8 Å². The second-order valence-electron chi connectivity index (χ2n) is 12.7. The molecule has 11 nitrogen and oxygen atoms in total. The molecular weight excluding hydrogens is 596 g/mol. The second kappa shape index (κ2) is 20.4. The van der Waals surface area contributed by atoms with Crippen molar-refractivity contribution in [2.45, 2.75) is 82.8 Å². The number of amides is 4. The van der Waals surface area contributed by atoms with Crippen LogP contribution in [-0.4, -0.2) is 86.0 Å². The number of nitrogens with two attached hydrogens (primary N) is 2. The number of ether oxygens (including phenoxy) is 1. The normalized spacial score (nSPS) is 16.2. The van der Waals surface area contributed by atoms with Crippen LogP contribution in [0.2, 0.25) is 0 Å². The number of carbonyl (C=O) groups excluding carboxylic acids is 4. The smallest absolute Gasteiger partial charge is 0.245 e. The Balaban J connectivity index is 0.000000563. The Morgan fingerprint density at radius 1 is 0.809 bits per heavy atom. The predicted octanol–water partition coefficient (Wildman–Crippen LogP) is 2.24. The van der Waals surface area contributed by atoms with Gasteiger partial charge in [-0.1, -0.05) is 74.5 Å². The fourth-order valence-corrected chi connectivity index (χ4v) is 5.46. The molecule has 1 aliphatic carbocycles. The van der Waals surface area contributed by atoms with Crippen LogP contribution < -0.4 is 27.4 Å². The van der Waals surface area contributed by atoms with Crippen LogP contribution in [0, 0.1) is 5.92 Å². The van der Waals surface area contributed by atoms with Crippen LogP contribution in [0.1, 0.15) is 69.4 Å². The molecule has 3 atom stereocenters. The van der Waals surface area contributed by atoms with E-state index in [1.165, 1.54) is 18.4 Å². The van der Waals surface area contributed by atoms with Gasteiger partial charge in [0, 0.05) is 19.5 Å². The minimum Gasteiger partial charge on any atom is -0.378 e. The van der Waals surface area contributed by atoms with Crippen LogP contribution in [-0.2, 0) is 30.3 Å². The highest BCUT2D eigenvalue weighted by Crippen LogP contribution is 2.39. The maximum Gasteiger partial charge on any atom is 0.245 e. The summed E-state index contributed by atoms with van der Waals surface area (Å²) in [5.41, 5.74) is 13.5. The number of hydrogen-bond acceptors (Lipinski definition) is 7. The highest BCUT2D eigenvalue weighted by atomic mass is 16.5. The van der Waals surface area contributed by atoms with Gasteiger partial charge in [-0.25, -0.2) is 0 Å². The lowest BCUT2D eigenvalue weighted by molar-refractivity contribution is -0.141. The summed E-state index contributed by atoms with van der Waals surface area (Å²) < 4.78 is 5.35. The molecule has 258 valence electrons. The number of benzene rings is 2. The molecule has 0 aromatic heterocycles. The predicted molar refractivity (Wildman–Crippen MR) is 183 cm³/mol. The van der Waals surface area contributed by atoms with Crippen LogP contribution in [0.25, 0.3) is 0 Å². The number of nitrogens with zero attached hydrogens (tertiary/aromatic N) is 1. The molecule has 11 heteroatoms. The van der Waals surface area contributed by atoms with E-state index in [1.54, 1.807) is 4.90 Å². The summed E-state index contributed by atoms with van der Waals surface area (Å²) in [6.07, 6.45) is 5.28. The van der Waals surface area contributed by atoms with E-state index in [9.17, 15) is 19.2 Å². The summed E-state index contributed by atoms with van der Waals surface area (Å²) in [4.78, 5) is 53.8. The van der Waals surface area contributed by atoms with E-state index in [2.05, 4.69) is 46.3 Å². The van der Waals surface area contributed by atoms with E-state index in [1.807, 2.05) is 44.2 Å². The van der Waals surface area contributed by atoms with E-state index in [0.717, 1.165) is 17.9 Å². The molecule has 1 aliphatic heterocycles. The van der Waals surface area contributed by atoms with E-state index in [4.69, 9.17) is 16.2 Å². The third-order valence-corrected chi connectivity index (χ3v) is 8.19. The molecule has 1 saturated heterocycles. The molecule has 4 rings (SSSR count). The molecule has 2 unspecified atom stereocenters. The summed E-state index contributed by atoms with van der Waals surface area (Å²) in [5, 5.41) is 8.36. The van der Waals surface area contributed by atoms with Crippen LogP contribution in [0.4, 0.5) is 0 Å². The van der Waals surface area contributed by atoms with E-state index >= 15 is 0 Å². The van der Waals surface area contributed by atoms with Gasteiger partial charge in [0.1, 0.15) is 18.1 Å².